The molecule has 2 fully saturated rings. The molecule has 0 bridgehead atoms. The van der Waals surface area contributed by atoms with Crippen LogP contribution in [0.4, 0.5) is 21.0 Å². The average Bonchev–Trinajstić information content (AvgIpc) is 3.66. The number of fused-ring (bicyclic) bond motifs is 1. The Hall–Kier alpha value is -5.03. The number of allylic oxidation sites excluding steroid dienone is 1. The molecule has 0 radical (unpaired) electrons. The van der Waals surface area contributed by atoms with Crippen molar-refractivity contribution in [3.8, 4) is 0 Å². The number of ether oxygens (including phenoxy) is 1. The van der Waals surface area contributed by atoms with Crippen molar-refractivity contribution >= 4 is 53.0 Å². The lowest BCUT2D eigenvalue weighted by molar-refractivity contribution is -0.385. The van der Waals surface area contributed by atoms with E-state index in [0.717, 1.165) is 31.1 Å². The van der Waals surface area contributed by atoms with Gasteiger partial charge in [0.1, 0.15) is 11.7 Å². The first-order valence-electron chi connectivity index (χ1n) is 17.5. The second-order valence-electron chi connectivity index (χ2n) is 13.2. The minimum Gasteiger partial charge on any atom is -0.442 e. The van der Waals surface area contributed by atoms with E-state index < -0.39 is 34.1 Å². The maximum Gasteiger partial charge on any atom is 0.407 e. The summed E-state index contributed by atoms with van der Waals surface area (Å²) in [6, 6.07) is 3.76. The second-order valence-corrected chi connectivity index (χ2v) is 14.5. The number of urea groups is 1. The van der Waals surface area contributed by atoms with E-state index in [1.54, 1.807) is 6.08 Å². The minimum absolute atomic E-state index is 0.00277. The Labute approximate surface area is 305 Å². The number of hydrogen-bond donors (Lipinski definition) is 6. The molecule has 1 aromatic rings. The van der Waals surface area contributed by atoms with Crippen molar-refractivity contribution in [2.24, 2.45) is 10.5 Å². The average molecular weight is 743 g/mol. The Morgan fingerprint density at radius 1 is 1.10 bits per heavy atom. The van der Waals surface area contributed by atoms with Crippen molar-refractivity contribution in [2.75, 3.05) is 31.9 Å². The van der Waals surface area contributed by atoms with Gasteiger partial charge >= 0.3 is 12.1 Å². The van der Waals surface area contributed by atoms with Gasteiger partial charge in [0, 0.05) is 65.7 Å². The van der Waals surface area contributed by atoms with Crippen LogP contribution in [0.3, 0.4) is 0 Å². The Morgan fingerprint density at radius 3 is 2.67 bits per heavy atom. The zero-order valence-electron chi connectivity index (χ0n) is 29.1. The first-order chi connectivity index (χ1) is 25.0. The molecule has 4 rings (SSSR count). The molecule has 0 aromatic heterocycles. The molecule has 52 heavy (non-hydrogen) atoms. The van der Waals surface area contributed by atoms with Crippen LogP contribution in [0.25, 0.3) is 10.4 Å². The molecule has 2 saturated heterocycles. The Kier molecular flexibility index (Phi) is 14.9. The van der Waals surface area contributed by atoms with Gasteiger partial charge in [0.2, 0.25) is 11.8 Å². The van der Waals surface area contributed by atoms with Gasteiger partial charge in [-0.25, -0.2) is 9.59 Å². The quantitative estimate of drug-likeness (QED) is 0.0198. The van der Waals surface area contributed by atoms with E-state index in [2.05, 4.69) is 41.9 Å². The number of azide groups is 1. The topological polar surface area (TPSA) is 259 Å². The van der Waals surface area contributed by atoms with Crippen LogP contribution in [0.2, 0.25) is 0 Å². The van der Waals surface area contributed by atoms with Crippen LogP contribution in [0.1, 0.15) is 75.1 Å². The van der Waals surface area contributed by atoms with Crippen molar-refractivity contribution in [1.82, 2.24) is 31.9 Å². The third-order valence-corrected chi connectivity index (χ3v) is 10.8. The summed E-state index contributed by atoms with van der Waals surface area (Å²) in [5.74, 6) is 0.118. The molecular weight excluding hydrogens is 696 g/mol. The fourth-order valence-corrected chi connectivity index (χ4v) is 7.91. The number of unbranched alkanes of at least 4 members (excludes halogenated alkanes) is 1. The number of nitrogens with one attached hydrogen (secondary N) is 6. The number of nitro benzene ring substituents is 1. The van der Waals surface area contributed by atoms with E-state index >= 15 is 0 Å². The molecule has 0 saturated carbocycles. The number of rotatable bonds is 17. The molecule has 282 valence electrons. The summed E-state index contributed by atoms with van der Waals surface area (Å²) in [6.45, 7) is 2.80. The fraction of sp³-hybridized carbons (Fsp3) is 0.606. The molecule has 1 aliphatic carbocycles. The van der Waals surface area contributed by atoms with Gasteiger partial charge in [0.05, 0.1) is 17.0 Å². The van der Waals surface area contributed by atoms with Gasteiger partial charge < -0.3 is 36.6 Å². The highest BCUT2D eigenvalue weighted by Gasteiger charge is 2.42. The molecule has 5 atom stereocenters. The van der Waals surface area contributed by atoms with Gasteiger partial charge in [-0.15, -0.1) is 0 Å². The summed E-state index contributed by atoms with van der Waals surface area (Å²) in [5.41, 5.74) is 7.16. The zero-order valence-corrected chi connectivity index (χ0v) is 29.9. The molecule has 3 aliphatic rings. The molecule has 2 heterocycles. The van der Waals surface area contributed by atoms with Gasteiger partial charge in [-0.1, -0.05) is 30.6 Å². The lowest BCUT2D eigenvalue weighted by atomic mass is 9.79. The molecule has 5 unspecified atom stereocenters. The van der Waals surface area contributed by atoms with Crippen LogP contribution in [-0.4, -0.2) is 90.1 Å². The summed E-state index contributed by atoms with van der Waals surface area (Å²) in [4.78, 5) is 74.8. The first kappa shape index (κ1) is 39.8. The number of carbonyl (C=O) groups is 5. The number of nitrogens with zero attached hydrogens (tertiary/aromatic N) is 4. The highest BCUT2D eigenvalue weighted by Crippen LogP contribution is 2.34. The lowest BCUT2D eigenvalue weighted by Crippen LogP contribution is -2.40. The van der Waals surface area contributed by atoms with E-state index in [9.17, 15) is 34.1 Å². The van der Waals surface area contributed by atoms with Crippen molar-refractivity contribution in [3.63, 3.8) is 0 Å². The number of alkyl carbamates (subject to hydrolysis) is 1. The number of amides is 6. The van der Waals surface area contributed by atoms with Gasteiger partial charge in [0.25, 0.3) is 11.6 Å². The largest absolute Gasteiger partial charge is 0.442 e. The predicted molar refractivity (Wildman–Crippen MR) is 193 cm³/mol. The summed E-state index contributed by atoms with van der Waals surface area (Å²) in [6.07, 6.45) is 8.34. The van der Waals surface area contributed by atoms with E-state index in [1.165, 1.54) is 12.1 Å². The van der Waals surface area contributed by atoms with Gasteiger partial charge in [-0.3, -0.25) is 24.5 Å². The van der Waals surface area contributed by atoms with Crippen molar-refractivity contribution in [2.45, 2.75) is 88.1 Å². The third kappa shape index (κ3) is 11.8. The molecule has 19 heteroatoms. The molecule has 1 aromatic carbocycles. The van der Waals surface area contributed by atoms with Crippen LogP contribution in [0.5, 0.6) is 0 Å². The highest BCUT2D eigenvalue weighted by molar-refractivity contribution is 8.00. The summed E-state index contributed by atoms with van der Waals surface area (Å²) in [5, 5.41) is 31.9. The number of thioether (sulfide) groups is 1. The molecule has 6 amide bonds. The van der Waals surface area contributed by atoms with Crippen LogP contribution in [0, 0.1) is 15.5 Å². The van der Waals surface area contributed by atoms with Crippen LogP contribution in [0.15, 0.2) is 35.5 Å². The van der Waals surface area contributed by atoms with Gasteiger partial charge in [-0.05, 0) is 62.6 Å². The minimum atomic E-state index is -0.754. The summed E-state index contributed by atoms with van der Waals surface area (Å²) in [7, 11) is 0. The van der Waals surface area contributed by atoms with Crippen molar-refractivity contribution in [1.29, 1.82) is 0 Å². The number of benzene rings is 1. The standard InChI is InChI=1S/C33H46N10O8S/c1-33(30(46)37-16-6-15-35-27(44)10-3-2-9-26-28-24(20-52-26)39-31(47)40-28)13-4-7-22(8-5-14-33)51-32(48)38-18-17-36-29(45)23-12-11-21(41-42-34)19-25(23)43(49)50/h4,7,11-12,19,22,24,26,28H,2-3,5-6,8-10,13-18,20H2,1H3,(H,35,44)(H,36,45)(H,37,46)(H,38,48)(H2,39,40,47)/b7-4+. The summed E-state index contributed by atoms with van der Waals surface area (Å²) >= 11 is 1.87. The monoisotopic (exact) mass is 742 g/mol. The molecule has 18 nitrogen and oxygen atoms in total. The third-order valence-electron chi connectivity index (χ3n) is 9.25. The molecule has 6 N–H and O–H groups in total. The number of nitro groups is 1. The zero-order chi connectivity index (χ0) is 37.5. The van der Waals surface area contributed by atoms with E-state index in [4.69, 9.17) is 10.3 Å². The maximum absolute atomic E-state index is 13.1. The normalized spacial score (nSPS) is 24.0. The predicted octanol–water partition coefficient (Wildman–Crippen LogP) is 3.85. The first-order valence-corrected chi connectivity index (χ1v) is 18.5. The maximum atomic E-state index is 13.1. The Morgan fingerprint density at radius 2 is 1.88 bits per heavy atom. The van der Waals surface area contributed by atoms with Crippen molar-refractivity contribution < 1.29 is 33.6 Å². The highest BCUT2D eigenvalue weighted by atomic mass is 32.2. The van der Waals surface area contributed by atoms with E-state index in [0.29, 0.717) is 56.9 Å². The Bertz CT molecular complexity index is 1570. The lowest BCUT2D eigenvalue weighted by Gasteiger charge is -2.29. The summed E-state index contributed by atoms with van der Waals surface area (Å²) < 4.78 is 5.49. The van der Waals surface area contributed by atoms with Gasteiger partial charge in [0.15, 0.2) is 0 Å². The Balaban J connectivity index is 1.05. The molecule has 0 spiro atoms. The second kappa shape index (κ2) is 19.5. The SMILES string of the molecule is CC1(C(=O)NCCCNC(=O)CCCCC2SCC3NC(=O)NC32)C/C=C/C(OC(=O)NCCNC(=O)c2ccc(N=[N+]=[N-])cc2[N+](=O)[O-])CCC1. The van der Waals surface area contributed by atoms with Crippen LogP contribution < -0.4 is 31.9 Å². The fourth-order valence-electron chi connectivity index (χ4n) is 6.36. The van der Waals surface area contributed by atoms with E-state index in [-0.39, 0.29) is 54.3 Å². The smallest absolute Gasteiger partial charge is 0.407 e. The van der Waals surface area contributed by atoms with E-state index in [1.807, 2.05) is 24.8 Å². The van der Waals surface area contributed by atoms with Crippen LogP contribution in [-0.2, 0) is 14.3 Å². The number of hydrogen-bond acceptors (Lipinski definition) is 10. The number of carbonyl (C=O) groups excluding carboxylic acids is 5. The molecule has 2 aliphatic heterocycles. The molecular formula is C33H46N10O8S. The van der Waals surface area contributed by atoms with Crippen molar-refractivity contribution in [3.05, 3.63) is 56.5 Å². The van der Waals surface area contributed by atoms with Crippen LogP contribution >= 0.6 is 11.8 Å². The van der Waals surface area contributed by atoms with Gasteiger partial charge in [-0.2, -0.15) is 11.8 Å².